The van der Waals surface area contributed by atoms with Crippen LogP contribution in [0, 0.1) is 11.6 Å². The molecule has 2 nitrogen and oxygen atoms in total. The van der Waals surface area contributed by atoms with Crippen LogP contribution in [0.15, 0.2) is 41.6 Å². The molecule has 1 heterocycles. The SMILES string of the molecule is NC(CSc1ncccc1Cl)c1cc(F)ccc1F. The monoisotopic (exact) mass is 300 g/mol. The van der Waals surface area contributed by atoms with E-state index in [1.807, 2.05) is 0 Å². The molecule has 0 spiro atoms. The number of hydrogen-bond donors (Lipinski definition) is 1. The molecule has 0 fully saturated rings. The fourth-order valence-electron chi connectivity index (χ4n) is 1.53. The first-order chi connectivity index (χ1) is 9.08. The molecule has 0 saturated heterocycles. The lowest BCUT2D eigenvalue weighted by atomic mass is 10.1. The van der Waals surface area contributed by atoms with Crippen molar-refractivity contribution in [2.75, 3.05) is 5.75 Å². The molecule has 1 aromatic carbocycles. The van der Waals surface area contributed by atoms with Gasteiger partial charge in [0, 0.05) is 23.6 Å². The van der Waals surface area contributed by atoms with Crippen molar-refractivity contribution in [3.63, 3.8) is 0 Å². The van der Waals surface area contributed by atoms with Crippen molar-refractivity contribution in [3.05, 3.63) is 58.7 Å². The highest BCUT2D eigenvalue weighted by molar-refractivity contribution is 7.99. The lowest BCUT2D eigenvalue weighted by molar-refractivity contribution is 0.573. The van der Waals surface area contributed by atoms with E-state index in [-0.39, 0.29) is 5.56 Å². The third-order valence-electron chi connectivity index (χ3n) is 2.48. The van der Waals surface area contributed by atoms with Crippen molar-refractivity contribution in [3.8, 4) is 0 Å². The smallest absolute Gasteiger partial charge is 0.128 e. The predicted octanol–water partition coefficient (Wildman–Crippen LogP) is 3.81. The molecule has 2 rings (SSSR count). The van der Waals surface area contributed by atoms with Crippen molar-refractivity contribution >= 4 is 23.4 Å². The van der Waals surface area contributed by atoms with Crippen molar-refractivity contribution in [1.82, 2.24) is 4.98 Å². The first-order valence-electron chi connectivity index (χ1n) is 5.52. The first-order valence-corrected chi connectivity index (χ1v) is 6.88. The molecule has 1 atom stereocenters. The van der Waals surface area contributed by atoms with Gasteiger partial charge < -0.3 is 5.73 Å². The molecule has 0 saturated carbocycles. The molecule has 0 radical (unpaired) electrons. The van der Waals surface area contributed by atoms with E-state index in [0.29, 0.717) is 15.8 Å². The summed E-state index contributed by atoms with van der Waals surface area (Å²) in [5.74, 6) is -0.661. The zero-order chi connectivity index (χ0) is 13.8. The average Bonchev–Trinajstić information content (AvgIpc) is 2.40. The van der Waals surface area contributed by atoms with Gasteiger partial charge in [-0.2, -0.15) is 0 Å². The third-order valence-corrected chi connectivity index (χ3v) is 4.02. The lowest BCUT2D eigenvalue weighted by Crippen LogP contribution is -2.15. The van der Waals surface area contributed by atoms with Gasteiger partial charge in [0.25, 0.3) is 0 Å². The van der Waals surface area contributed by atoms with Gasteiger partial charge in [-0.15, -0.1) is 11.8 Å². The molecule has 0 aliphatic carbocycles. The van der Waals surface area contributed by atoms with Crippen LogP contribution in [0.2, 0.25) is 5.02 Å². The number of nitrogens with zero attached hydrogens (tertiary/aromatic N) is 1. The Bertz CT molecular complexity index is 580. The normalized spacial score (nSPS) is 12.4. The van der Waals surface area contributed by atoms with Crippen LogP contribution < -0.4 is 5.73 Å². The molecular weight excluding hydrogens is 290 g/mol. The molecule has 6 heteroatoms. The molecule has 0 amide bonds. The number of nitrogens with two attached hydrogens (primary N) is 1. The van der Waals surface area contributed by atoms with Crippen LogP contribution in [0.3, 0.4) is 0 Å². The summed E-state index contributed by atoms with van der Waals surface area (Å²) < 4.78 is 26.6. The average molecular weight is 301 g/mol. The van der Waals surface area contributed by atoms with Crippen molar-refractivity contribution < 1.29 is 8.78 Å². The Kier molecular flexibility index (Phi) is 4.74. The summed E-state index contributed by atoms with van der Waals surface area (Å²) in [6, 6.07) is 6.06. The Balaban J connectivity index is 2.07. The minimum atomic E-state index is -0.626. The van der Waals surface area contributed by atoms with E-state index in [1.165, 1.54) is 11.8 Å². The molecule has 0 bridgehead atoms. The van der Waals surface area contributed by atoms with Crippen LogP contribution in [0.5, 0.6) is 0 Å². The Hall–Kier alpha value is -1.17. The van der Waals surface area contributed by atoms with E-state index >= 15 is 0 Å². The summed E-state index contributed by atoms with van der Waals surface area (Å²) in [6.07, 6.45) is 1.61. The van der Waals surface area contributed by atoms with Crippen LogP contribution in [0.25, 0.3) is 0 Å². The molecule has 1 aromatic heterocycles. The number of halogens is 3. The van der Waals surface area contributed by atoms with Gasteiger partial charge in [-0.25, -0.2) is 13.8 Å². The number of hydrogen-bond acceptors (Lipinski definition) is 3. The summed E-state index contributed by atoms with van der Waals surface area (Å²) in [4.78, 5) is 4.09. The van der Waals surface area contributed by atoms with E-state index in [2.05, 4.69) is 4.98 Å². The van der Waals surface area contributed by atoms with Gasteiger partial charge in [0.15, 0.2) is 0 Å². The van der Waals surface area contributed by atoms with E-state index in [0.717, 1.165) is 18.2 Å². The van der Waals surface area contributed by atoms with Crippen LogP contribution in [-0.4, -0.2) is 10.7 Å². The number of thioether (sulfide) groups is 1. The summed E-state index contributed by atoms with van der Waals surface area (Å²) >= 11 is 7.26. The maximum Gasteiger partial charge on any atom is 0.128 e. The maximum atomic E-state index is 13.5. The second-order valence-corrected chi connectivity index (χ2v) is 5.29. The van der Waals surface area contributed by atoms with Gasteiger partial charge in [-0.05, 0) is 30.3 Å². The van der Waals surface area contributed by atoms with E-state index in [9.17, 15) is 8.78 Å². The number of rotatable bonds is 4. The second kappa shape index (κ2) is 6.32. The molecule has 2 aromatic rings. The Labute approximate surface area is 119 Å². The number of pyridine rings is 1. The minimum Gasteiger partial charge on any atom is -0.323 e. The Morgan fingerprint density at radius 2 is 2.11 bits per heavy atom. The maximum absolute atomic E-state index is 13.5. The van der Waals surface area contributed by atoms with Crippen LogP contribution in [0.4, 0.5) is 8.78 Å². The summed E-state index contributed by atoms with van der Waals surface area (Å²) in [7, 11) is 0. The van der Waals surface area contributed by atoms with Gasteiger partial charge in [-0.3, -0.25) is 0 Å². The van der Waals surface area contributed by atoms with E-state index in [1.54, 1.807) is 18.3 Å². The fraction of sp³-hybridized carbons (Fsp3) is 0.154. The molecule has 0 aliphatic heterocycles. The molecule has 2 N–H and O–H groups in total. The van der Waals surface area contributed by atoms with Crippen molar-refractivity contribution in [2.45, 2.75) is 11.1 Å². The zero-order valence-corrected chi connectivity index (χ0v) is 11.4. The fourth-order valence-corrected chi connectivity index (χ4v) is 2.68. The molecule has 19 heavy (non-hydrogen) atoms. The molecular formula is C13H11ClF2N2S. The Morgan fingerprint density at radius 3 is 2.84 bits per heavy atom. The lowest BCUT2D eigenvalue weighted by Gasteiger charge is -2.12. The minimum absolute atomic E-state index is 0.152. The summed E-state index contributed by atoms with van der Waals surface area (Å²) in [5, 5.41) is 1.14. The van der Waals surface area contributed by atoms with E-state index < -0.39 is 17.7 Å². The van der Waals surface area contributed by atoms with Gasteiger partial charge >= 0.3 is 0 Å². The van der Waals surface area contributed by atoms with Crippen LogP contribution in [-0.2, 0) is 0 Å². The summed E-state index contributed by atoms with van der Waals surface area (Å²) in [6.45, 7) is 0. The highest BCUT2D eigenvalue weighted by Crippen LogP contribution is 2.28. The van der Waals surface area contributed by atoms with Gasteiger partial charge in [0.05, 0.1) is 5.02 Å². The Morgan fingerprint density at radius 1 is 1.32 bits per heavy atom. The van der Waals surface area contributed by atoms with Crippen LogP contribution in [0.1, 0.15) is 11.6 Å². The van der Waals surface area contributed by atoms with Gasteiger partial charge in [-0.1, -0.05) is 11.6 Å². The topological polar surface area (TPSA) is 38.9 Å². The van der Waals surface area contributed by atoms with Crippen molar-refractivity contribution in [1.29, 1.82) is 0 Å². The molecule has 1 unspecified atom stereocenters. The molecule has 0 aliphatic rings. The highest BCUT2D eigenvalue weighted by atomic mass is 35.5. The quantitative estimate of drug-likeness (QED) is 0.873. The standard InChI is InChI=1S/C13H11ClF2N2S/c14-10-2-1-5-18-13(10)19-7-12(17)9-6-8(15)3-4-11(9)16/h1-6,12H,7,17H2. The first kappa shape index (κ1) is 14.2. The predicted molar refractivity (Wildman–Crippen MR) is 73.3 cm³/mol. The highest BCUT2D eigenvalue weighted by Gasteiger charge is 2.14. The summed E-state index contributed by atoms with van der Waals surface area (Å²) in [5.41, 5.74) is 6.02. The van der Waals surface area contributed by atoms with Gasteiger partial charge in [0.2, 0.25) is 0 Å². The zero-order valence-electron chi connectivity index (χ0n) is 9.82. The number of aromatic nitrogens is 1. The largest absolute Gasteiger partial charge is 0.323 e. The van der Waals surface area contributed by atoms with Crippen LogP contribution >= 0.6 is 23.4 Å². The third kappa shape index (κ3) is 3.65. The van der Waals surface area contributed by atoms with Crippen molar-refractivity contribution in [2.24, 2.45) is 5.73 Å². The second-order valence-electron chi connectivity index (χ2n) is 3.87. The number of benzene rings is 1. The van der Waals surface area contributed by atoms with Gasteiger partial charge in [0.1, 0.15) is 16.7 Å². The van der Waals surface area contributed by atoms with E-state index in [4.69, 9.17) is 17.3 Å². The molecule has 100 valence electrons.